The largest absolute Gasteiger partial charge is 0.491 e. The maximum absolute atomic E-state index is 13.5. The second-order valence-corrected chi connectivity index (χ2v) is 4.90. The van der Waals surface area contributed by atoms with Gasteiger partial charge in [0.05, 0.1) is 6.10 Å². The molecule has 0 fully saturated rings. The summed E-state index contributed by atoms with van der Waals surface area (Å²) < 4.78 is 44.9. The fourth-order valence-corrected chi connectivity index (χ4v) is 1.82. The summed E-state index contributed by atoms with van der Waals surface area (Å²) in [6, 6.07) is 8.51. The Bertz CT molecular complexity index is 612. The monoisotopic (exact) mass is 295 g/mol. The number of rotatable bonds is 5. The molecule has 0 heterocycles. The van der Waals surface area contributed by atoms with E-state index in [0.717, 1.165) is 17.5 Å². The van der Waals surface area contributed by atoms with Crippen LogP contribution in [0, 0.1) is 17.5 Å². The smallest absolute Gasteiger partial charge is 0.161 e. The molecule has 0 unspecified atom stereocenters. The SMILES string of the molecule is CC(C)Oc1ccc(NCc2cc(F)c(F)cc2F)cc1. The van der Waals surface area contributed by atoms with E-state index in [9.17, 15) is 13.2 Å². The highest BCUT2D eigenvalue weighted by Crippen LogP contribution is 2.19. The summed E-state index contributed by atoms with van der Waals surface area (Å²) in [5.41, 5.74) is 0.798. The molecule has 1 N–H and O–H groups in total. The third-order valence-corrected chi connectivity index (χ3v) is 2.80. The van der Waals surface area contributed by atoms with E-state index in [-0.39, 0.29) is 18.2 Å². The van der Waals surface area contributed by atoms with Crippen molar-refractivity contribution >= 4 is 5.69 Å². The van der Waals surface area contributed by atoms with Gasteiger partial charge in [0.15, 0.2) is 11.6 Å². The zero-order valence-electron chi connectivity index (χ0n) is 11.8. The zero-order chi connectivity index (χ0) is 15.4. The van der Waals surface area contributed by atoms with Gasteiger partial charge in [-0.15, -0.1) is 0 Å². The molecule has 112 valence electrons. The molecule has 2 aromatic rings. The van der Waals surface area contributed by atoms with E-state index < -0.39 is 17.5 Å². The van der Waals surface area contributed by atoms with Crippen LogP contribution in [0.25, 0.3) is 0 Å². The Hall–Kier alpha value is -2.17. The van der Waals surface area contributed by atoms with Crippen LogP contribution in [0.3, 0.4) is 0 Å². The van der Waals surface area contributed by atoms with Crippen LogP contribution < -0.4 is 10.1 Å². The van der Waals surface area contributed by atoms with Crippen molar-refractivity contribution in [2.24, 2.45) is 0 Å². The molecule has 0 aliphatic carbocycles. The summed E-state index contributed by atoms with van der Waals surface area (Å²) in [5.74, 6) is -2.30. The standard InChI is InChI=1S/C16H16F3NO/c1-10(2)21-13-5-3-12(4-6-13)20-9-11-7-15(18)16(19)8-14(11)17/h3-8,10,20H,9H2,1-2H3. The van der Waals surface area contributed by atoms with Crippen molar-refractivity contribution in [3.05, 3.63) is 59.4 Å². The Balaban J connectivity index is 2.01. The van der Waals surface area contributed by atoms with Gasteiger partial charge in [-0.1, -0.05) is 0 Å². The Labute approximate surface area is 121 Å². The van der Waals surface area contributed by atoms with Gasteiger partial charge in [0.2, 0.25) is 0 Å². The van der Waals surface area contributed by atoms with Crippen LogP contribution in [0.1, 0.15) is 19.4 Å². The number of halogens is 3. The molecule has 2 aromatic carbocycles. The van der Waals surface area contributed by atoms with Gasteiger partial charge < -0.3 is 10.1 Å². The summed E-state index contributed by atoms with van der Waals surface area (Å²) in [6.07, 6.45) is 0.0834. The lowest BCUT2D eigenvalue weighted by Crippen LogP contribution is -2.06. The Kier molecular flexibility index (Phi) is 4.73. The Morgan fingerprint density at radius 3 is 2.19 bits per heavy atom. The second kappa shape index (κ2) is 6.52. The number of hydrogen-bond acceptors (Lipinski definition) is 2. The van der Waals surface area contributed by atoms with Crippen LogP contribution in [0.2, 0.25) is 0 Å². The van der Waals surface area contributed by atoms with Crippen LogP contribution in [-0.4, -0.2) is 6.10 Å². The van der Waals surface area contributed by atoms with Crippen molar-refractivity contribution in [1.29, 1.82) is 0 Å². The van der Waals surface area contributed by atoms with Crippen LogP contribution in [0.4, 0.5) is 18.9 Å². The maximum atomic E-state index is 13.5. The molecule has 5 heteroatoms. The first-order chi connectivity index (χ1) is 9.95. The average Bonchev–Trinajstić information content (AvgIpc) is 2.42. The van der Waals surface area contributed by atoms with Gasteiger partial charge in [-0.2, -0.15) is 0 Å². The highest BCUT2D eigenvalue weighted by molar-refractivity contribution is 5.47. The predicted molar refractivity (Wildman–Crippen MR) is 75.8 cm³/mol. The number of anilines is 1. The third-order valence-electron chi connectivity index (χ3n) is 2.80. The number of benzene rings is 2. The van der Waals surface area contributed by atoms with Crippen molar-refractivity contribution in [2.45, 2.75) is 26.5 Å². The van der Waals surface area contributed by atoms with Gasteiger partial charge in [-0.05, 0) is 44.2 Å². The quantitative estimate of drug-likeness (QED) is 0.820. The first-order valence-corrected chi connectivity index (χ1v) is 6.59. The number of nitrogens with one attached hydrogen (secondary N) is 1. The minimum atomic E-state index is -1.19. The highest BCUT2D eigenvalue weighted by Gasteiger charge is 2.09. The normalized spacial score (nSPS) is 10.8. The van der Waals surface area contributed by atoms with Gasteiger partial charge in [-0.3, -0.25) is 0 Å². The molecule has 0 radical (unpaired) electrons. The minimum absolute atomic E-state index is 0.0629. The van der Waals surface area contributed by atoms with Crippen LogP contribution >= 0.6 is 0 Å². The van der Waals surface area contributed by atoms with Gasteiger partial charge in [-0.25, -0.2) is 13.2 Å². The molecule has 0 saturated carbocycles. The van der Waals surface area contributed by atoms with Gasteiger partial charge in [0.25, 0.3) is 0 Å². The van der Waals surface area contributed by atoms with Gasteiger partial charge in [0, 0.05) is 23.9 Å². The Morgan fingerprint density at radius 2 is 1.57 bits per heavy atom. The van der Waals surface area contributed by atoms with Gasteiger partial charge >= 0.3 is 0 Å². The lowest BCUT2D eigenvalue weighted by atomic mass is 10.2. The molecule has 0 atom stereocenters. The summed E-state index contributed by atoms with van der Waals surface area (Å²) in [5, 5.41) is 2.94. The predicted octanol–water partition coefficient (Wildman–Crippen LogP) is 4.50. The van der Waals surface area contributed by atoms with E-state index in [0.29, 0.717) is 6.07 Å². The van der Waals surface area contributed by atoms with E-state index in [4.69, 9.17) is 4.74 Å². The summed E-state index contributed by atoms with van der Waals surface area (Å²) in [4.78, 5) is 0. The molecule has 21 heavy (non-hydrogen) atoms. The average molecular weight is 295 g/mol. The van der Waals surface area contributed by atoms with E-state index in [1.807, 2.05) is 13.8 Å². The molecular formula is C16H16F3NO. The summed E-state index contributed by atoms with van der Waals surface area (Å²) in [6.45, 7) is 3.92. The molecule has 2 nitrogen and oxygen atoms in total. The van der Waals surface area contributed by atoms with E-state index in [1.54, 1.807) is 24.3 Å². The third kappa shape index (κ3) is 4.15. The van der Waals surface area contributed by atoms with Crippen molar-refractivity contribution in [2.75, 3.05) is 5.32 Å². The van der Waals surface area contributed by atoms with E-state index >= 15 is 0 Å². The van der Waals surface area contributed by atoms with Crippen LogP contribution in [-0.2, 0) is 6.54 Å². The van der Waals surface area contributed by atoms with Crippen molar-refractivity contribution in [1.82, 2.24) is 0 Å². The molecule has 0 bridgehead atoms. The molecule has 0 amide bonds. The summed E-state index contributed by atoms with van der Waals surface area (Å²) in [7, 11) is 0. The molecule has 0 aromatic heterocycles. The molecule has 0 saturated heterocycles. The molecule has 0 aliphatic rings. The fourth-order valence-electron chi connectivity index (χ4n) is 1.82. The second-order valence-electron chi connectivity index (χ2n) is 4.90. The van der Waals surface area contributed by atoms with Crippen molar-refractivity contribution in [3.8, 4) is 5.75 Å². The molecule has 0 aliphatic heterocycles. The van der Waals surface area contributed by atoms with Crippen molar-refractivity contribution in [3.63, 3.8) is 0 Å². The fraction of sp³-hybridized carbons (Fsp3) is 0.250. The van der Waals surface area contributed by atoms with E-state index in [1.165, 1.54) is 0 Å². The number of ether oxygens (including phenoxy) is 1. The van der Waals surface area contributed by atoms with Gasteiger partial charge in [0.1, 0.15) is 11.6 Å². The first kappa shape index (κ1) is 15.2. The Morgan fingerprint density at radius 1 is 0.952 bits per heavy atom. The molecule has 2 rings (SSSR count). The lowest BCUT2D eigenvalue weighted by molar-refractivity contribution is 0.242. The number of hydrogen-bond donors (Lipinski definition) is 1. The first-order valence-electron chi connectivity index (χ1n) is 6.59. The topological polar surface area (TPSA) is 21.3 Å². The highest BCUT2D eigenvalue weighted by atomic mass is 19.2. The zero-order valence-corrected chi connectivity index (χ0v) is 11.8. The molecule has 0 spiro atoms. The molecular weight excluding hydrogens is 279 g/mol. The van der Waals surface area contributed by atoms with Crippen LogP contribution in [0.15, 0.2) is 36.4 Å². The summed E-state index contributed by atoms with van der Waals surface area (Å²) >= 11 is 0. The maximum Gasteiger partial charge on any atom is 0.161 e. The minimum Gasteiger partial charge on any atom is -0.491 e. The van der Waals surface area contributed by atoms with Crippen LogP contribution in [0.5, 0.6) is 5.75 Å². The van der Waals surface area contributed by atoms with E-state index in [2.05, 4.69) is 5.32 Å². The lowest BCUT2D eigenvalue weighted by Gasteiger charge is -2.11. The van der Waals surface area contributed by atoms with Crippen molar-refractivity contribution < 1.29 is 17.9 Å².